The van der Waals surface area contributed by atoms with Gasteiger partial charge in [-0.05, 0) is 0 Å². The quantitative estimate of drug-likeness (QED) is 0.494. The molecule has 8 heavy (non-hydrogen) atoms. The van der Waals surface area contributed by atoms with Crippen molar-refractivity contribution in [3.8, 4) is 0 Å². The topological polar surface area (TPSA) is 51.2 Å². The molecule has 0 aromatic heterocycles. The maximum atomic E-state index is 9.67. The van der Waals surface area contributed by atoms with Crippen molar-refractivity contribution in [3.05, 3.63) is 0 Å². The molecular weight excluding hydrogens is 149 g/mol. The van der Waals surface area contributed by atoms with E-state index < -0.39 is 17.3 Å². The van der Waals surface area contributed by atoms with Gasteiger partial charge in [0.25, 0.3) is 0 Å². The summed E-state index contributed by atoms with van der Waals surface area (Å²) in [5.74, 6) is 0. The second-order valence-corrected chi connectivity index (χ2v) is 0.860. The Morgan fingerprint density at radius 2 is 1.00 bits per heavy atom. The van der Waals surface area contributed by atoms with Gasteiger partial charge in [-0.15, -0.1) is 12.6 Å². The second kappa shape index (κ2) is 6.41. The number of hydrogen-bond donors (Lipinski definition) is 0. The van der Waals surface area contributed by atoms with Crippen LogP contribution in [0.3, 0.4) is 0 Å². The van der Waals surface area contributed by atoms with Crippen LogP contribution in [0.5, 0.6) is 0 Å². The molecular formula is CHF3O3S. The first-order chi connectivity index (χ1) is 3.46. The Bertz CT molecular complexity index is 112. The molecule has 0 aliphatic rings. The number of hydrogen-bond acceptors (Lipinski definition) is 3. The van der Waals surface area contributed by atoms with Crippen LogP contribution in [0.25, 0.3) is 0 Å². The van der Waals surface area contributed by atoms with Crippen molar-refractivity contribution in [2.45, 2.75) is 6.68 Å². The third-order valence-electron chi connectivity index (χ3n) is 0. The highest BCUT2D eigenvalue weighted by Crippen LogP contribution is 1.87. The molecule has 0 spiro atoms. The fourth-order valence-corrected chi connectivity index (χ4v) is 0. The molecule has 50 valence electrons. The standard InChI is InChI=1S/CHF3.O3S/c2-1(3)4;1-4(2)3/h1H;. The van der Waals surface area contributed by atoms with Gasteiger partial charge in [-0.2, -0.15) is 13.2 Å². The molecule has 0 amide bonds. The lowest BCUT2D eigenvalue weighted by molar-refractivity contribution is 0.00819. The number of rotatable bonds is 0. The van der Waals surface area contributed by atoms with Gasteiger partial charge in [0.05, 0.1) is 0 Å². The third-order valence-corrected chi connectivity index (χ3v) is 0. The van der Waals surface area contributed by atoms with Crippen LogP contribution in [-0.2, 0) is 10.6 Å². The van der Waals surface area contributed by atoms with Crippen LogP contribution in [0, 0.1) is 0 Å². The lowest BCUT2D eigenvalue weighted by atomic mass is 11.6. The van der Waals surface area contributed by atoms with Gasteiger partial charge in [-0.1, -0.05) is 0 Å². The molecule has 0 atom stereocenters. The van der Waals surface area contributed by atoms with E-state index in [4.69, 9.17) is 12.6 Å². The van der Waals surface area contributed by atoms with Crippen molar-refractivity contribution < 1.29 is 25.8 Å². The minimum Gasteiger partial charge on any atom is -0.174 e. The minimum atomic E-state index is -3.67. The van der Waals surface area contributed by atoms with Crippen molar-refractivity contribution >= 4 is 10.6 Å². The minimum absolute atomic E-state index is 3.11. The molecule has 7 heteroatoms. The molecule has 0 aliphatic heterocycles. The highest BCUT2D eigenvalue weighted by molar-refractivity contribution is 7.59. The molecule has 0 unspecified atom stereocenters. The highest BCUT2D eigenvalue weighted by atomic mass is 32.2. The van der Waals surface area contributed by atoms with Crippen molar-refractivity contribution in [2.24, 2.45) is 0 Å². The zero-order valence-corrected chi connectivity index (χ0v) is 4.16. The predicted octanol–water partition coefficient (Wildman–Crippen LogP) is 0.174. The lowest BCUT2D eigenvalue weighted by Gasteiger charge is -1.65. The molecule has 0 aromatic rings. The van der Waals surface area contributed by atoms with E-state index in [1.807, 2.05) is 0 Å². The van der Waals surface area contributed by atoms with Gasteiger partial charge in [0.2, 0.25) is 0 Å². The van der Waals surface area contributed by atoms with Crippen LogP contribution in [0.15, 0.2) is 0 Å². The fourth-order valence-electron chi connectivity index (χ4n) is 0. The Balaban J connectivity index is 0. The largest absolute Gasteiger partial charge is 0.425 e. The number of alkyl halides is 3. The van der Waals surface area contributed by atoms with E-state index in [1.165, 1.54) is 0 Å². The van der Waals surface area contributed by atoms with Crippen molar-refractivity contribution in [1.82, 2.24) is 0 Å². The average molecular weight is 150 g/mol. The SMILES string of the molecule is FC(F)F.O=S(=O)=O. The maximum absolute atomic E-state index is 9.67. The highest BCUT2D eigenvalue weighted by Gasteiger charge is 1.86. The van der Waals surface area contributed by atoms with E-state index >= 15 is 0 Å². The zero-order chi connectivity index (χ0) is 7.15. The van der Waals surface area contributed by atoms with E-state index in [0.29, 0.717) is 0 Å². The Labute approximate surface area is 44.2 Å². The van der Waals surface area contributed by atoms with Gasteiger partial charge in [0.15, 0.2) is 0 Å². The van der Waals surface area contributed by atoms with Gasteiger partial charge in [-0.25, -0.2) is 0 Å². The Morgan fingerprint density at radius 3 is 1.00 bits per heavy atom. The van der Waals surface area contributed by atoms with Crippen molar-refractivity contribution in [3.63, 3.8) is 0 Å². The third kappa shape index (κ3) is 302. The first-order valence-corrected chi connectivity index (χ1v) is 2.15. The first-order valence-electron chi connectivity index (χ1n) is 1.15. The Kier molecular flexibility index (Phi) is 8.34. The summed E-state index contributed by atoms with van der Waals surface area (Å²) >= 11 is 0. The molecule has 0 saturated carbocycles. The molecule has 0 aliphatic carbocycles. The summed E-state index contributed by atoms with van der Waals surface area (Å²) < 4.78 is 54.3. The zero-order valence-electron chi connectivity index (χ0n) is 3.34. The van der Waals surface area contributed by atoms with E-state index in [2.05, 4.69) is 0 Å². The van der Waals surface area contributed by atoms with E-state index in [1.54, 1.807) is 0 Å². The summed E-state index contributed by atoms with van der Waals surface area (Å²) in [6, 6.07) is 0. The van der Waals surface area contributed by atoms with Crippen molar-refractivity contribution in [1.29, 1.82) is 0 Å². The molecule has 0 fully saturated rings. The summed E-state index contributed by atoms with van der Waals surface area (Å²) in [5.41, 5.74) is 0. The Morgan fingerprint density at radius 1 is 1.00 bits per heavy atom. The predicted molar refractivity (Wildman–Crippen MR) is 16.8 cm³/mol. The van der Waals surface area contributed by atoms with Crippen LogP contribution < -0.4 is 0 Å². The summed E-state index contributed by atoms with van der Waals surface area (Å²) in [5, 5.41) is 0. The number of halogens is 3. The average Bonchev–Trinajstić information content (AvgIpc) is 1.25. The van der Waals surface area contributed by atoms with Crippen LogP contribution in [-0.4, -0.2) is 19.3 Å². The normalized spacial score (nSPS) is 7.50. The van der Waals surface area contributed by atoms with E-state index in [0.717, 1.165) is 0 Å². The molecule has 0 radical (unpaired) electrons. The summed E-state index contributed by atoms with van der Waals surface area (Å²) in [4.78, 5) is 0. The summed E-state index contributed by atoms with van der Waals surface area (Å²) in [6.45, 7) is -3.67. The van der Waals surface area contributed by atoms with Gasteiger partial charge < -0.3 is 0 Å². The van der Waals surface area contributed by atoms with Gasteiger partial charge >= 0.3 is 17.3 Å². The second-order valence-electron chi connectivity index (χ2n) is 0.452. The van der Waals surface area contributed by atoms with Gasteiger partial charge in [-0.3, -0.25) is 0 Å². The maximum Gasteiger partial charge on any atom is 0.425 e. The monoisotopic (exact) mass is 150 g/mol. The Hall–Kier alpha value is -0.590. The van der Waals surface area contributed by atoms with Crippen LogP contribution in [0.2, 0.25) is 0 Å². The van der Waals surface area contributed by atoms with Crippen LogP contribution >= 0.6 is 0 Å². The smallest absolute Gasteiger partial charge is 0.174 e. The summed E-state index contributed by atoms with van der Waals surface area (Å²) in [7, 11) is -3.11. The van der Waals surface area contributed by atoms with Crippen LogP contribution in [0.4, 0.5) is 13.2 Å². The molecule has 0 bridgehead atoms. The molecule has 3 nitrogen and oxygen atoms in total. The van der Waals surface area contributed by atoms with Gasteiger partial charge in [0.1, 0.15) is 0 Å². The fraction of sp³-hybridized carbons (Fsp3) is 1.00. The molecule has 0 rings (SSSR count). The molecule has 0 aromatic carbocycles. The summed E-state index contributed by atoms with van der Waals surface area (Å²) in [6.07, 6.45) is 0. The molecule has 0 N–H and O–H groups in total. The first kappa shape index (κ1) is 10.4. The molecule has 0 saturated heterocycles. The van der Waals surface area contributed by atoms with Crippen molar-refractivity contribution in [2.75, 3.05) is 0 Å². The van der Waals surface area contributed by atoms with Gasteiger partial charge in [0, 0.05) is 0 Å². The lowest BCUT2D eigenvalue weighted by Crippen LogP contribution is -1.65. The van der Waals surface area contributed by atoms with Crippen LogP contribution in [0.1, 0.15) is 0 Å². The van der Waals surface area contributed by atoms with E-state index in [-0.39, 0.29) is 0 Å². The molecule has 0 heterocycles. The van der Waals surface area contributed by atoms with E-state index in [9.17, 15) is 13.2 Å².